The fourth-order valence-electron chi connectivity index (χ4n) is 1.93. The average molecular weight is 187 g/mol. The van der Waals surface area contributed by atoms with Crippen LogP contribution in [0.5, 0.6) is 0 Å². The summed E-state index contributed by atoms with van der Waals surface area (Å²) in [5.74, 6) is -0.352. The molecule has 0 saturated carbocycles. The van der Waals surface area contributed by atoms with Gasteiger partial charge in [-0.05, 0) is 36.5 Å². The lowest BCUT2D eigenvalue weighted by Gasteiger charge is -2.01. The number of fused-ring (bicyclic) bond motifs is 1. The Morgan fingerprint density at radius 2 is 2.21 bits per heavy atom. The molecule has 2 heteroatoms. The second-order valence-corrected chi connectivity index (χ2v) is 3.73. The zero-order chi connectivity index (χ0) is 10.1. The number of benzene rings is 1. The molecule has 0 unspecified atom stereocenters. The van der Waals surface area contributed by atoms with Crippen molar-refractivity contribution in [1.82, 2.24) is 0 Å². The third-order valence-corrected chi connectivity index (χ3v) is 2.59. The summed E-state index contributed by atoms with van der Waals surface area (Å²) in [6, 6.07) is 6.36. The van der Waals surface area contributed by atoms with Gasteiger partial charge < -0.3 is 5.73 Å². The number of hydrogen-bond acceptors (Lipinski definition) is 1. The Morgan fingerprint density at radius 1 is 1.43 bits per heavy atom. The summed E-state index contributed by atoms with van der Waals surface area (Å²) >= 11 is 0. The quantitative estimate of drug-likeness (QED) is 0.669. The summed E-state index contributed by atoms with van der Waals surface area (Å²) in [6.45, 7) is 2.06. The molecule has 72 valence electrons. The molecule has 0 bridgehead atoms. The average Bonchev–Trinajstić information content (AvgIpc) is 2.47. The van der Waals surface area contributed by atoms with Gasteiger partial charge in [0.2, 0.25) is 5.91 Å². The number of hydrogen-bond donors (Lipinski definition) is 1. The van der Waals surface area contributed by atoms with Gasteiger partial charge in [-0.1, -0.05) is 23.8 Å². The molecule has 2 rings (SSSR count). The molecule has 0 fully saturated rings. The molecule has 1 aliphatic carbocycles. The van der Waals surface area contributed by atoms with E-state index < -0.39 is 0 Å². The second-order valence-electron chi connectivity index (χ2n) is 3.73. The predicted molar refractivity (Wildman–Crippen MR) is 56.7 cm³/mol. The molecule has 0 heterocycles. The number of aryl methyl sites for hydroxylation is 2. The molecule has 1 amide bonds. The summed E-state index contributed by atoms with van der Waals surface area (Å²) < 4.78 is 0. The molecular formula is C12H13NO. The zero-order valence-electron chi connectivity index (χ0n) is 8.21. The first-order chi connectivity index (χ1) is 6.66. The number of nitrogens with two attached hydrogens (primary N) is 1. The smallest absolute Gasteiger partial charge is 0.241 e. The van der Waals surface area contributed by atoms with Gasteiger partial charge in [-0.25, -0.2) is 0 Å². The van der Waals surface area contributed by atoms with Crippen LogP contribution in [0.2, 0.25) is 0 Å². The lowest BCUT2D eigenvalue weighted by Crippen LogP contribution is -2.06. The van der Waals surface area contributed by atoms with E-state index in [0.29, 0.717) is 0 Å². The van der Waals surface area contributed by atoms with Crippen molar-refractivity contribution in [2.45, 2.75) is 19.8 Å². The van der Waals surface area contributed by atoms with Crippen LogP contribution in [0.4, 0.5) is 0 Å². The Kier molecular flexibility index (Phi) is 2.12. The van der Waals surface area contributed by atoms with Crippen molar-refractivity contribution in [3.63, 3.8) is 0 Å². The highest BCUT2D eigenvalue weighted by atomic mass is 16.1. The van der Waals surface area contributed by atoms with Crippen molar-refractivity contribution in [2.24, 2.45) is 5.73 Å². The van der Waals surface area contributed by atoms with E-state index in [0.717, 1.165) is 18.4 Å². The molecular weight excluding hydrogens is 174 g/mol. The molecule has 1 aromatic carbocycles. The molecule has 0 aromatic heterocycles. The fourth-order valence-corrected chi connectivity index (χ4v) is 1.93. The van der Waals surface area contributed by atoms with Crippen LogP contribution in [0.3, 0.4) is 0 Å². The van der Waals surface area contributed by atoms with Crippen molar-refractivity contribution >= 4 is 11.5 Å². The van der Waals surface area contributed by atoms with Gasteiger partial charge in [-0.3, -0.25) is 4.79 Å². The van der Waals surface area contributed by atoms with E-state index in [1.165, 1.54) is 16.7 Å². The van der Waals surface area contributed by atoms with Gasteiger partial charge >= 0.3 is 0 Å². The maximum Gasteiger partial charge on any atom is 0.241 e. The third kappa shape index (κ3) is 1.55. The lowest BCUT2D eigenvalue weighted by atomic mass is 10.0. The van der Waals surface area contributed by atoms with Gasteiger partial charge in [-0.15, -0.1) is 0 Å². The molecule has 2 N–H and O–H groups in total. The minimum absolute atomic E-state index is 0.352. The minimum atomic E-state index is -0.352. The third-order valence-electron chi connectivity index (χ3n) is 2.59. The van der Waals surface area contributed by atoms with Crippen LogP contribution in [0, 0.1) is 6.92 Å². The van der Waals surface area contributed by atoms with Crippen molar-refractivity contribution < 1.29 is 4.79 Å². The van der Waals surface area contributed by atoms with E-state index in [1.54, 1.807) is 6.08 Å². The first-order valence-corrected chi connectivity index (χ1v) is 4.77. The zero-order valence-corrected chi connectivity index (χ0v) is 8.21. The van der Waals surface area contributed by atoms with Crippen molar-refractivity contribution in [1.29, 1.82) is 0 Å². The van der Waals surface area contributed by atoms with Crippen LogP contribution in [0.25, 0.3) is 5.57 Å². The fraction of sp³-hybridized carbons (Fsp3) is 0.250. The number of allylic oxidation sites excluding steroid dienone is 1. The molecule has 0 atom stereocenters. The molecule has 2 nitrogen and oxygen atoms in total. The molecule has 1 aliphatic rings. The number of amides is 1. The molecule has 14 heavy (non-hydrogen) atoms. The maximum atomic E-state index is 10.8. The van der Waals surface area contributed by atoms with Crippen molar-refractivity contribution in [3.05, 3.63) is 41.0 Å². The number of rotatable bonds is 1. The van der Waals surface area contributed by atoms with E-state index >= 15 is 0 Å². The Bertz CT molecular complexity index is 418. The lowest BCUT2D eigenvalue weighted by molar-refractivity contribution is -0.113. The minimum Gasteiger partial charge on any atom is -0.366 e. The summed E-state index contributed by atoms with van der Waals surface area (Å²) in [6.07, 6.45) is 3.50. The van der Waals surface area contributed by atoms with Gasteiger partial charge in [0.25, 0.3) is 0 Å². The molecule has 0 saturated heterocycles. The van der Waals surface area contributed by atoms with Crippen LogP contribution < -0.4 is 5.73 Å². The van der Waals surface area contributed by atoms with E-state index in [1.807, 2.05) is 0 Å². The van der Waals surface area contributed by atoms with Crippen LogP contribution in [-0.2, 0) is 11.2 Å². The SMILES string of the molecule is Cc1ccc2c(c1)/C(=C\C(N)=O)CC2. The predicted octanol–water partition coefficient (Wildman–Crippen LogP) is 1.81. The summed E-state index contributed by atoms with van der Waals surface area (Å²) in [5.41, 5.74) is 9.98. The van der Waals surface area contributed by atoms with Gasteiger partial charge in [0, 0.05) is 6.08 Å². The highest BCUT2D eigenvalue weighted by molar-refractivity contribution is 5.95. The summed E-state index contributed by atoms with van der Waals surface area (Å²) in [5, 5.41) is 0. The monoisotopic (exact) mass is 187 g/mol. The van der Waals surface area contributed by atoms with Gasteiger partial charge in [-0.2, -0.15) is 0 Å². The van der Waals surface area contributed by atoms with Crippen LogP contribution >= 0.6 is 0 Å². The topological polar surface area (TPSA) is 43.1 Å². The van der Waals surface area contributed by atoms with E-state index in [-0.39, 0.29) is 5.91 Å². The molecule has 1 aromatic rings. The van der Waals surface area contributed by atoms with E-state index in [2.05, 4.69) is 25.1 Å². The molecule has 0 aliphatic heterocycles. The Balaban J connectivity index is 2.48. The van der Waals surface area contributed by atoms with Gasteiger partial charge in [0.05, 0.1) is 0 Å². The van der Waals surface area contributed by atoms with Crippen LogP contribution in [-0.4, -0.2) is 5.91 Å². The van der Waals surface area contributed by atoms with Crippen molar-refractivity contribution in [2.75, 3.05) is 0 Å². The first kappa shape index (κ1) is 9.00. The molecule has 0 radical (unpaired) electrons. The molecule has 0 spiro atoms. The highest BCUT2D eigenvalue weighted by Gasteiger charge is 2.16. The number of carbonyl (C=O) groups excluding carboxylic acids is 1. The van der Waals surface area contributed by atoms with Gasteiger partial charge in [0.15, 0.2) is 0 Å². The Hall–Kier alpha value is -1.57. The second kappa shape index (κ2) is 3.29. The maximum absolute atomic E-state index is 10.8. The normalized spacial score (nSPS) is 17.1. The number of carbonyl (C=O) groups is 1. The highest BCUT2D eigenvalue weighted by Crippen LogP contribution is 2.32. The Morgan fingerprint density at radius 3 is 2.93 bits per heavy atom. The standard InChI is InChI=1S/C12H13NO/c1-8-2-3-9-4-5-10(7-12(13)14)11(9)6-8/h2-3,6-7H,4-5H2,1H3,(H2,13,14)/b10-7-. The first-order valence-electron chi connectivity index (χ1n) is 4.77. The van der Waals surface area contributed by atoms with Crippen LogP contribution in [0.15, 0.2) is 24.3 Å². The van der Waals surface area contributed by atoms with E-state index in [4.69, 9.17) is 5.73 Å². The van der Waals surface area contributed by atoms with E-state index in [9.17, 15) is 4.79 Å². The van der Waals surface area contributed by atoms with Gasteiger partial charge in [0.1, 0.15) is 0 Å². The summed E-state index contributed by atoms with van der Waals surface area (Å²) in [4.78, 5) is 10.8. The summed E-state index contributed by atoms with van der Waals surface area (Å²) in [7, 11) is 0. The van der Waals surface area contributed by atoms with Crippen LogP contribution in [0.1, 0.15) is 23.1 Å². The Labute approximate surface area is 83.4 Å². The number of primary amides is 1. The largest absolute Gasteiger partial charge is 0.366 e. The van der Waals surface area contributed by atoms with Crippen molar-refractivity contribution in [3.8, 4) is 0 Å².